The smallest absolute Gasteiger partial charge is 0.248 e. The van der Waals surface area contributed by atoms with Crippen LogP contribution in [0.3, 0.4) is 0 Å². The van der Waals surface area contributed by atoms with Crippen LogP contribution < -0.4 is 20.5 Å². The molecule has 1 aliphatic rings. The second kappa shape index (κ2) is 8.55. The van der Waals surface area contributed by atoms with Crippen LogP contribution in [0.15, 0.2) is 34.6 Å². The van der Waals surface area contributed by atoms with Crippen LogP contribution in [0.1, 0.15) is 38.8 Å². The first kappa shape index (κ1) is 20.1. The Bertz CT molecular complexity index is 909. The van der Waals surface area contributed by atoms with E-state index in [0.717, 1.165) is 17.7 Å². The first-order valence-corrected chi connectivity index (χ1v) is 10.2. The lowest BCUT2D eigenvalue weighted by molar-refractivity contribution is -0.115. The standard InChI is InChI=1S/C19H25N5O3S/c1-5-9-28-19-22-18-21-11(3)15(17(20)25)16(24(18)23-19)12-7-8-13(26-4)14(10-12)27-6-2/h7-8,10,16H,5-6,9H2,1-4H3,(H2,20,25)(H,21,22,23). The minimum atomic E-state index is -0.507. The normalized spacial score (nSPS) is 15.8. The molecule has 9 heteroatoms. The van der Waals surface area contributed by atoms with Crippen LogP contribution in [0.4, 0.5) is 5.95 Å². The zero-order valence-corrected chi connectivity index (χ0v) is 17.3. The Morgan fingerprint density at radius 2 is 2.14 bits per heavy atom. The van der Waals surface area contributed by atoms with Crippen LogP contribution in [-0.4, -0.2) is 40.1 Å². The van der Waals surface area contributed by atoms with E-state index in [1.807, 2.05) is 32.0 Å². The largest absolute Gasteiger partial charge is 0.493 e. The molecule has 0 bridgehead atoms. The molecule has 2 aromatic rings. The maximum atomic E-state index is 12.3. The van der Waals surface area contributed by atoms with Crippen molar-refractivity contribution in [3.8, 4) is 11.5 Å². The van der Waals surface area contributed by atoms with Gasteiger partial charge in [0.05, 0.1) is 19.3 Å². The van der Waals surface area contributed by atoms with Gasteiger partial charge in [-0.1, -0.05) is 24.8 Å². The molecule has 1 atom stereocenters. The minimum Gasteiger partial charge on any atom is -0.493 e. The lowest BCUT2D eigenvalue weighted by Gasteiger charge is -2.28. The first-order valence-electron chi connectivity index (χ1n) is 9.17. The van der Waals surface area contributed by atoms with E-state index in [4.69, 9.17) is 15.2 Å². The average Bonchev–Trinajstić information content (AvgIpc) is 3.07. The highest BCUT2D eigenvalue weighted by molar-refractivity contribution is 7.99. The van der Waals surface area contributed by atoms with E-state index in [-0.39, 0.29) is 0 Å². The fraction of sp³-hybridized carbons (Fsp3) is 0.421. The number of thioether (sulfide) groups is 1. The highest BCUT2D eigenvalue weighted by atomic mass is 32.2. The van der Waals surface area contributed by atoms with Crippen molar-refractivity contribution in [2.75, 3.05) is 24.8 Å². The summed E-state index contributed by atoms with van der Waals surface area (Å²) in [5.41, 5.74) is 7.65. The van der Waals surface area contributed by atoms with E-state index < -0.39 is 11.9 Å². The van der Waals surface area contributed by atoms with Crippen molar-refractivity contribution in [2.24, 2.45) is 5.73 Å². The number of rotatable bonds is 8. The van der Waals surface area contributed by atoms with E-state index in [9.17, 15) is 4.79 Å². The highest BCUT2D eigenvalue weighted by Crippen LogP contribution is 2.39. The molecule has 2 heterocycles. The van der Waals surface area contributed by atoms with Gasteiger partial charge in [-0.15, -0.1) is 5.10 Å². The maximum absolute atomic E-state index is 12.3. The Morgan fingerprint density at radius 1 is 1.36 bits per heavy atom. The SMILES string of the molecule is CCCSc1nc2n(n1)C(c1ccc(OC)c(OCC)c1)C(C(N)=O)=C(C)N2. The molecule has 8 nitrogen and oxygen atoms in total. The summed E-state index contributed by atoms with van der Waals surface area (Å²) in [6.45, 7) is 6.32. The molecule has 0 fully saturated rings. The number of primary amides is 1. The molecule has 0 spiro atoms. The number of carbonyl (C=O) groups is 1. The Labute approximate surface area is 168 Å². The third-order valence-electron chi connectivity index (χ3n) is 4.34. The topological polar surface area (TPSA) is 104 Å². The number of nitrogens with two attached hydrogens (primary N) is 1. The Morgan fingerprint density at radius 3 is 2.79 bits per heavy atom. The van der Waals surface area contributed by atoms with Gasteiger partial charge >= 0.3 is 0 Å². The van der Waals surface area contributed by atoms with Gasteiger partial charge in [-0.25, -0.2) is 4.68 Å². The third-order valence-corrected chi connectivity index (χ3v) is 5.38. The summed E-state index contributed by atoms with van der Waals surface area (Å²) < 4.78 is 12.8. The van der Waals surface area contributed by atoms with Gasteiger partial charge in [0.15, 0.2) is 11.5 Å². The monoisotopic (exact) mass is 403 g/mol. The fourth-order valence-electron chi connectivity index (χ4n) is 3.14. The number of allylic oxidation sites excluding steroid dienone is 1. The number of fused-ring (bicyclic) bond motifs is 1. The number of carbonyl (C=O) groups excluding carboxylic acids is 1. The average molecular weight is 404 g/mol. The second-order valence-electron chi connectivity index (χ2n) is 6.28. The van der Waals surface area contributed by atoms with Crippen molar-refractivity contribution >= 4 is 23.6 Å². The summed E-state index contributed by atoms with van der Waals surface area (Å²) in [6, 6.07) is 5.07. The number of methoxy groups -OCH3 is 1. The Kier molecular flexibility index (Phi) is 6.13. The van der Waals surface area contributed by atoms with Gasteiger partial charge in [0.2, 0.25) is 17.0 Å². The number of anilines is 1. The molecule has 0 radical (unpaired) electrons. The molecule has 150 valence electrons. The van der Waals surface area contributed by atoms with E-state index >= 15 is 0 Å². The van der Waals surface area contributed by atoms with Gasteiger partial charge in [0.25, 0.3) is 0 Å². The van der Waals surface area contributed by atoms with Crippen molar-refractivity contribution in [1.29, 1.82) is 0 Å². The van der Waals surface area contributed by atoms with Crippen molar-refractivity contribution < 1.29 is 14.3 Å². The summed E-state index contributed by atoms with van der Waals surface area (Å²) in [5.74, 6) is 2.22. The van der Waals surface area contributed by atoms with Gasteiger partial charge in [0.1, 0.15) is 6.04 Å². The molecule has 1 amide bonds. The molecular formula is C19H25N5O3S. The molecule has 1 aromatic heterocycles. The number of ether oxygens (including phenoxy) is 2. The van der Waals surface area contributed by atoms with E-state index in [1.54, 1.807) is 23.6 Å². The summed E-state index contributed by atoms with van der Waals surface area (Å²) in [6.07, 6.45) is 1.02. The summed E-state index contributed by atoms with van der Waals surface area (Å²) >= 11 is 1.58. The van der Waals surface area contributed by atoms with E-state index in [2.05, 4.69) is 22.3 Å². The highest BCUT2D eigenvalue weighted by Gasteiger charge is 2.33. The molecule has 28 heavy (non-hydrogen) atoms. The van der Waals surface area contributed by atoms with Gasteiger partial charge in [0, 0.05) is 11.4 Å². The molecule has 0 saturated heterocycles. The maximum Gasteiger partial charge on any atom is 0.248 e. The van der Waals surface area contributed by atoms with Crippen molar-refractivity contribution in [1.82, 2.24) is 14.8 Å². The lowest BCUT2D eigenvalue weighted by atomic mass is 9.95. The van der Waals surface area contributed by atoms with Gasteiger partial charge < -0.3 is 20.5 Å². The summed E-state index contributed by atoms with van der Waals surface area (Å²) in [5, 5.41) is 8.43. The Balaban J connectivity index is 2.12. The summed E-state index contributed by atoms with van der Waals surface area (Å²) in [4.78, 5) is 16.8. The number of amides is 1. The van der Waals surface area contributed by atoms with E-state index in [0.29, 0.717) is 40.5 Å². The number of hydrogen-bond acceptors (Lipinski definition) is 7. The van der Waals surface area contributed by atoms with Crippen molar-refractivity contribution in [3.63, 3.8) is 0 Å². The van der Waals surface area contributed by atoms with Crippen LogP contribution in [0.25, 0.3) is 0 Å². The Hall–Kier alpha value is -2.68. The predicted molar refractivity (Wildman–Crippen MR) is 109 cm³/mol. The molecule has 1 aromatic carbocycles. The van der Waals surface area contributed by atoms with E-state index in [1.165, 1.54) is 0 Å². The van der Waals surface area contributed by atoms with Crippen LogP contribution in [0, 0.1) is 0 Å². The van der Waals surface area contributed by atoms with Crippen LogP contribution in [0.2, 0.25) is 0 Å². The molecule has 0 saturated carbocycles. The van der Waals surface area contributed by atoms with Crippen molar-refractivity contribution in [3.05, 3.63) is 35.0 Å². The zero-order chi connectivity index (χ0) is 20.3. The number of nitrogens with one attached hydrogen (secondary N) is 1. The molecule has 3 rings (SSSR count). The van der Waals surface area contributed by atoms with Crippen molar-refractivity contribution in [2.45, 2.75) is 38.4 Å². The number of nitrogens with zero attached hydrogens (tertiary/aromatic N) is 3. The number of aromatic nitrogens is 3. The van der Waals surface area contributed by atoms with Gasteiger partial charge in [-0.2, -0.15) is 4.98 Å². The first-order chi connectivity index (χ1) is 13.5. The molecule has 0 aliphatic carbocycles. The van der Waals surface area contributed by atoms with Crippen LogP contribution >= 0.6 is 11.8 Å². The molecule has 3 N–H and O–H groups in total. The third kappa shape index (κ3) is 3.80. The molecule has 1 unspecified atom stereocenters. The quantitative estimate of drug-likeness (QED) is 0.653. The summed E-state index contributed by atoms with van der Waals surface area (Å²) in [7, 11) is 1.59. The second-order valence-corrected chi connectivity index (χ2v) is 7.35. The fourth-order valence-corrected chi connectivity index (χ4v) is 3.83. The van der Waals surface area contributed by atoms with Crippen LogP contribution in [-0.2, 0) is 4.79 Å². The van der Waals surface area contributed by atoms with Gasteiger partial charge in [-0.3, -0.25) is 4.79 Å². The molecule has 1 aliphatic heterocycles. The molecular weight excluding hydrogens is 378 g/mol. The zero-order valence-electron chi connectivity index (χ0n) is 16.5. The van der Waals surface area contributed by atoms with Crippen LogP contribution in [0.5, 0.6) is 11.5 Å². The minimum absolute atomic E-state index is 0.442. The predicted octanol–water partition coefficient (Wildman–Crippen LogP) is 2.96. The van der Waals surface area contributed by atoms with Gasteiger partial charge in [-0.05, 0) is 38.0 Å². The lowest BCUT2D eigenvalue weighted by Crippen LogP contribution is -2.31. The number of benzene rings is 1. The number of hydrogen-bond donors (Lipinski definition) is 2.